The Kier molecular flexibility index (Phi) is 2.32. The van der Waals surface area contributed by atoms with E-state index in [9.17, 15) is 4.79 Å². The number of aromatic nitrogens is 1. The van der Waals surface area contributed by atoms with Crippen molar-refractivity contribution in [3.8, 4) is 5.75 Å². The van der Waals surface area contributed by atoms with Crippen LogP contribution in [-0.4, -0.2) is 17.5 Å². The molecule has 5 heteroatoms. The van der Waals surface area contributed by atoms with Crippen molar-refractivity contribution in [2.24, 2.45) is 0 Å². The van der Waals surface area contributed by atoms with Gasteiger partial charge < -0.3 is 10.1 Å². The number of hydrogen-bond acceptors (Lipinski definition) is 4. The summed E-state index contributed by atoms with van der Waals surface area (Å²) in [6.45, 7) is 0. The predicted octanol–water partition coefficient (Wildman–Crippen LogP) is 2.01. The summed E-state index contributed by atoms with van der Waals surface area (Å²) in [5, 5.41) is 5.28. The van der Waals surface area contributed by atoms with Gasteiger partial charge in [0.05, 0.1) is 0 Å². The summed E-state index contributed by atoms with van der Waals surface area (Å²) >= 11 is 1.34. The highest BCUT2D eigenvalue weighted by Gasteiger charge is 2.07. The SMILES string of the molecule is CNC(=O)Oc1cccc2csnc12. The molecule has 0 aliphatic heterocycles. The lowest BCUT2D eigenvalue weighted by Crippen LogP contribution is -2.22. The van der Waals surface area contributed by atoms with E-state index in [2.05, 4.69) is 9.69 Å². The van der Waals surface area contributed by atoms with Gasteiger partial charge in [-0.2, -0.15) is 4.37 Å². The van der Waals surface area contributed by atoms with Gasteiger partial charge in [-0.05, 0) is 17.6 Å². The quantitative estimate of drug-likeness (QED) is 0.780. The molecule has 4 nitrogen and oxygen atoms in total. The lowest BCUT2D eigenvalue weighted by Gasteiger charge is -2.02. The molecule has 2 aromatic rings. The van der Waals surface area contributed by atoms with Gasteiger partial charge in [-0.25, -0.2) is 4.79 Å². The minimum absolute atomic E-state index is 0.481. The molecule has 2 rings (SSSR count). The number of amides is 1. The van der Waals surface area contributed by atoms with E-state index in [0.717, 1.165) is 10.9 Å². The minimum Gasteiger partial charge on any atom is -0.408 e. The van der Waals surface area contributed by atoms with E-state index in [1.807, 2.05) is 17.5 Å². The number of fused-ring (bicyclic) bond motifs is 1. The average molecular weight is 208 g/mol. The van der Waals surface area contributed by atoms with Gasteiger partial charge >= 0.3 is 6.09 Å². The number of benzene rings is 1. The van der Waals surface area contributed by atoms with Crippen molar-refractivity contribution in [2.75, 3.05) is 7.05 Å². The number of carbonyl (C=O) groups is 1. The highest BCUT2D eigenvalue weighted by molar-refractivity contribution is 7.04. The van der Waals surface area contributed by atoms with Gasteiger partial charge in [0.2, 0.25) is 0 Å². The molecule has 1 amide bonds. The van der Waals surface area contributed by atoms with E-state index < -0.39 is 6.09 Å². The molecular formula is C9H8N2O2S. The zero-order valence-electron chi connectivity index (χ0n) is 7.48. The van der Waals surface area contributed by atoms with Crippen LogP contribution in [0.4, 0.5) is 4.79 Å². The molecule has 0 fully saturated rings. The van der Waals surface area contributed by atoms with E-state index in [1.165, 1.54) is 18.6 Å². The highest BCUT2D eigenvalue weighted by atomic mass is 32.1. The molecule has 1 aromatic heterocycles. The van der Waals surface area contributed by atoms with Gasteiger partial charge in [0.15, 0.2) is 5.75 Å². The van der Waals surface area contributed by atoms with Crippen LogP contribution < -0.4 is 10.1 Å². The maximum absolute atomic E-state index is 11.0. The molecule has 14 heavy (non-hydrogen) atoms. The van der Waals surface area contributed by atoms with Crippen molar-refractivity contribution in [1.82, 2.24) is 9.69 Å². The first kappa shape index (κ1) is 8.96. The number of carbonyl (C=O) groups excluding carboxylic acids is 1. The van der Waals surface area contributed by atoms with E-state index in [0.29, 0.717) is 5.75 Å². The van der Waals surface area contributed by atoms with E-state index in [1.54, 1.807) is 6.07 Å². The van der Waals surface area contributed by atoms with Crippen molar-refractivity contribution >= 4 is 28.5 Å². The summed E-state index contributed by atoms with van der Waals surface area (Å²) in [6, 6.07) is 5.47. The normalized spacial score (nSPS) is 10.1. The lowest BCUT2D eigenvalue weighted by molar-refractivity contribution is 0.203. The molecule has 0 spiro atoms. The van der Waals surface area contributed by atoms with Gasteiger partial charge in [0.25, 0.3) is 0 Å². The molecule has 0 aliphatic rings. The number of ether oxygens (including phenoxy) is 1. The first-order valence-electron chi connectivity index (χ1n) is 4.04. The molecule has 0 aliphatic carbocycles. The Labute approximate surface area is 84.7 Å². The average Bonchev–Trinajstić information content (AvgIpc) is 2.66. The fraction of sp³-hybridized carbons (Fsp3) is 0.111. The fourth-order valence-corrected chi connectivity index (χ4v) is 1.76. The van der Waals surface area contributed by atoms with Crippen molar-refractivity contribution < 1.29 is 9.53 Å². The van der Waals surface area contributed by atoms with E-state index in [-0.39, 0.29) is 0 Å². The smallest absolute Gasteiger partial charge is 0.408 e. The second-order valence-corrected chi connectivity index (χ2v) is 3.28. The Morgan fingerprint density at radius 2 is 2.43 bits per heavy atom. The van der Waals surface area contributed by atoms with Crippen LogP contribution in [0.15, 0.2) is 23.6 Å². The lowest BCUT2D eigenvalue weighted by atomic mass is 10.2. The van der Waals surface area contributed by atoms with Crippen molar-refractivity contribution in [3.05, 3.63) is 23.6 Å². The summed E-state index contributed by atoms with van der Waals surface area (Å²) in [7, 11) is 1.52. The summed E-state index contributed by atoms with van der Waals surface area (Å²) in [6.07, 6.45) is -0.481. The second kappa shape index (κ2) is 3.63. The van der Waals surface area contributed by atoms with Crippen LogP contribution in [0.1, 0.15) is 0 Å². The maximum Gasteiger partial charge on any atom is 0.412 e. The number of hydrogen-bond donors (Lipinski definition) is 1. The number of nitrogens with one attached hydrogen (secondary N) is 1. The third-order valence-corrected chi connectivity index (χ3v) is 2.41. The molecule has 1 aromatic carbocycles. The summed E-state index contributed by atoms with van der Waals surface area (Å²) in [5.74, 6) is 0.489. The van der Waals surface area contributed by atoms with Gasteiger partial charge in [-0.15, -0.1) is 0 Å². The Bertz CT molecular complexity index is 467. The van der Waals surface area contributed by atoms with Gasteiger partial charge in [0, 0.05) is 17.8 Å². The van der Waals surface area contributed by atoms with Crippen LogP contribution in [0, 0.1) is 0 Å². The second-order valence-electron chi connectivity index (χ2n) is 2.65. The van der Waals surface area contributed by atoms with Crippen molar-refractivity contribution in [2.45, 2.75) is 0 Å². The monoisotopic (exact) mass is 208 g/mol. The van der Waals surface area contributed by atoms with Crippen molar-refractivity contribution in [3.63, 3.8) is 0 Å². The van der Waals surface area contributed by atoms with E-state index in [4.69, 9.17) is 4.74 Å². The predicted molar refractivity (Wildman–Crippen MR) is 54.7 cm³/mol. The van der Waals surface area contributed by atoms with Crippen molar-refractivity contribution in [1.29, 1.82) is 0 Å². The van der Waals surface area contributed by atoms with Crippen LogP contribution in [0.25, 0.3) is 10.9 Å². The summed E-state index contributed by atoms with van der Waals surface area (Å²) in [5.41, 5.74) is 0.723. The highest BCUT2D eigenvalue weighted by Crippen LogP contribution is 2.25. The third kappa shape index (κ3) is 1.54. The third-order valence-electron chi connectivity index (χ3n) is 1.76. The summed E-state index contributed by atoms with van der Waals surface area (Å²) in [4.78, 5) is 11.0. The zero-order valence-corrected chi connectivity index (χ0v) is 8.30. The van der Waals surface area contributed by atoms with Crippen LogP contribution in [0.2, 0.25) is 0 Å². The molecular weight excluding hydrogens is 200 g/mol. The molecule has 1 heterocycles. The van der Waals surface area contributed by atoms with Crippen LogP contribution >= 0.6 is 11.5 Å². The van der Waals surface area contributed by atoms with E-state index >= 15 is 0 Å². The number of rotatable bonds is 1. The molecule has 0 bridgehead atoms. The van der Waals surface area contributed by atoms with Gasteiger partial charge in [-0.3, -0.25) is 0 Å². The Morgan fingerprint density at radius 3 is 3.21 bits per heavy atom. The Balaban J connectivity index is 2.41. The number of nitrogens with zero attached hydrogens (tertiary/aromatic N) is 1. The van der Waals surface area contributed by atoms with Gasteiger partial charge in [0.1, 0.15) is 5.52 Å². The molecule has 0 saturated heterocycles. The minimum atomic E-state index is -0.481. The largest absolute Gasteiger partial charge is 0.412 e. The Morgan fingerprint density at radius 1 is 1.57 bits per heavy atom. The molecule has 0 unspecified atom stereocenters. The molecule has 0 saturated carbocycles. The Hall–Kier alpha value is -1.62. The maximum atomic E-state index is 11.0. The first-order chi connectivity index (χ1) is 6.81. The molecule has 72 valence electrons. The zero-order chi connectivity index (χ0) is 9.97. The topological polar surface area (TPSA) is 51.2 Å². The van der Waals surface area contributed by atoms with Gasteiger partial charge in [-0.1, -0.05) is 12.1 Å². The standard InChI is InChI=1S/C9H8N2O2S/c1-10-9(12)13-7-4-2-3-6-5-14-11-8(6)7/h2-5H,1H3,(H,10,12). The molecule has 0 atom stereocenters. The molecule has 0 radical (unpaired) electrons. The fourth-order valence-electron chi connectivity index (χ4n) is 1.10. The van der Waals surface area contributed by atoms with Crippen LogP contribution in [-0.2, 0) is 0 Å². The summed E-state index contributed by atoms with van der Waals surface area (Å²) < 4.78 is 9.17. The van der Waals surface area contributed by atoms with Crippen LogP contribution in [0.3, 0.4) is 0 Å². The van der Waals surface area contributed by atoms with Crippen LogP contribution in [0.5, 0.6) is 5.75 Å². The first-order valence-corrected chi connectivity index (χ1v) is 4.87. The molecule has 1 N–H and O–H groups in total.